The zero-order chi connectivity index (χ0) is 17.1. The molecule has 0 spiro atoms. The number of carbonyl (C=O) groups excluding carboxylic acids is 2. The molecule has 0 N–H and O–H groups in total. The van der Waals surface area contributed by atoms with Gasteiger partial charge in [-0.05, 0) is 36.5 Å². The number of hydrogen-bond donors (Lipinski definition) is 0. The van der Waals surface area contributed by atoms with Crippen molar-refractivity contribution >= 4 is 11.8 Å². The second kappa shape index (κ2) is 7.30. The third-order valence-corrected chi connectivity index (χ3v) is 4.52. The molecule has 24 heavy (non-hydrogen) atoms. The van der Waals surface area contributed by atoms with Gasteiger partial charge in [0.15, 0.2) is 0 Å². The molecular formula is C18H23FN2O3. The minimum absolute atomic E-state index is 0.0195. The van der Waals surface area contributed by atoms with Gasteiger partial charge >= 0.3 is 0 Å². The topological polar surface area (TPSA) is 49.9 Å². The van der Waals surface area contributed by atoms with E-state index in [0.29, 0.717) is 19.0 Å². The lowest BCUT2D eigenvalue weighted by molar-refractivity contribution is -0.137. The molecule has 1 aliphatic heterocycles. The first kappa shape index (κ1) is 16.9. The van der Waals surface area contributed by atoms with Crippen molar-refractivity contribution in [1.82, 2.24) is 9.80 Å². The van der Waals surface area contributed by atoms with Crippen LogP contribution in [0.25, 0.3) is 0 Å². The molecule has 0 radical (unpaired) electrons. The average molecular weight is 334 g/mol. The van der Waals surface area contributed by atoms with Crippen molar-refractivity contribution in [1.29, 1.82) is 0 Å². The molecule has 0 bridgehead atoms. The fourth-order valence-corrected chi connectivity index (χ4v) is 2.95. The number of ether oxygens (including phenoxy) is 1. The van der Waals surface area contributed by atoms with Crippen molar-refractivity contribution in [2.45, 2.75) is 32.5 Å². The largest absolute Gasteiger partial charge is 0.370 e. The van der Waals surface area contributed by atoms with E-state index in [9.17, 15) is 14.0 Å². The molecule has 1 heterocycles. The van der Waals surface area contributed by atoms with Gasteiger partial charge in [-0.1, -0.05) is 12.1 Å². The van der Waals surface area contributed by atoms with Crippen molar-refractivity contribution in [3.63, 3.8) is 0 Å². The van der Waals surface area contributed by atoms with Crippen LogP contribution in [-0.2, 0) is 20.9 Å². The number of rotatable bonds is 5. The Bertz CT molecular complexity index is 618. The Balaban J connectivity index is 1.66. The number of halogens is 1. The molecule has 1 saturated carbocycles. The highest BCUT2D eigenvalue weighted by atomic mass is 19.1. The summed E-state index contributed by atoms with van der Waals surface area (Å²) >= 11 is 0. The van der Waals surface area contributed by atoms with Gasteiger partial charge in [0, 0.05) is 26.6 Å². The minimum Gasteiger partial charge on any atom is -0.370 e. The molecular weight excluding hydrogens is 311 g/mol. The van der Waals surface area contributed by atoms with E-state index in [0.717, 1.165) is 24.9 Å². The minimum atomic E-state index is -0.298. The summed E-state index contributed by atoms with van der Waals surface area (Å²) in [6, 6.07) is 6.27. The van der Waals surface area contributed by atoms with Crippen LogP contribution in [0.5, 0.6) is 0 Å². The lowest BCUT2D eigenvalue weighted by atomic mass is 10.2. The maximum Gasteiger partial charge on any atom is 0.242 e. The number of carbonyl (C=O) groups is 2. The van der Waals surface area contributed by atoms with Gasteiger partial charge in [-0.15, -0.1) is 0 Å². The van der Waals surface area contributed by atoms with Gasteiger partial charge in [-0.25, -0.2) is 4.39 Å². The number of nitrogens with zero attached hydrogens (tertiary/aromatic N) is 2. The van der Waals surface area contributed by atoms with Crippen LogP contribution in [0.1, 0.15) is 25.3 Å². The van der Waals surface area contributed by atoms with Gasteiger partial charge in [0.05, 0.1) is 19.3 Å². The Kier molecular flexibility index (Phi) is 5.14. The van der Waals surface area contributed by atoms with Crippen LogP contribution < -0.4 is 0 Å². The van der Waals surface area contributed by atoms with Gasteiger partial charge in [0.2, 0.25) is 11.8 Å². The Labute approximate surface area is 141 Å². The van der Waals surface area contributed by atoms with E-state index in [-0.39, 0.29) is 36.9 Å². The van der Waals surface area contributed by atoms with Crippen molar-refractivity contribution < 1.29 is 18.7 Å². The van der Waals surface area contributed by atoms with Crippen LogP contribution in [0.3, 0.4) is 0 Å². The first-order valence-electron chi connectivity index (χ1n) is 8.40. The molecule has 1 saturated heterocycles. The van der Waals surface area contributed by atoms with Gasteiger partial charge < -0.3 is 14.5 Å². The Morgan fingerprint density at radius 2 is 2.12 bits per heavy atom. The van der Waals surface area contributed by atoms with E-state index < -0.39 is 0 Å². The van der Waals surface area contributed by atoms with Gasteiger partial charge in [-0.3, -0.25) is 9.59 Å². The zero-order valence-corrected chi connectivity index (χ0v) is 13.9. The third-order valence-electron chi connectivity index (χ3n) is 4.52. The van der Waals surface area contributed by atoms with E-state index in [2.05, 4.69) is 0 Å². The van der Waals surface area contributed by atoms with Crippen LogP contribution in [0, 0.1) is 11.7 Å². The molecule has 3 rings (SSSR count). The van der Waals surface area contributed by atoms with Gasteiger partial charge in [-0.2, -0.15) is 0 Å². The van der Waals surface area contributed by atoms with Crippen molar-refractivity contribution in [3.05, 3.63) is 35.6 Å². The summed E-state index contributed by atoms with van der Waals surface area (Å²) in [4.78, 5) is 27.5. The van der Waals surface area contributed by atoms with Crippen molar-refractivity contribution in [2.75, 3.05) is 26.2 Å². The lowest BCUT2D eigenvalue weighted by Gasteiger charge is -2.24. The van der Waals surface area contributed by atoms with Crippen LogP contribution in [0.15, 0.2) is 24.3 Å². The second-order valence-corrected chi connectivity index (χ2v) is 6.70. The lowest BCUT2D eigenvalue weighted by Crippen LogP contribution is -2.39. The van der Waals surface area contributed by atoms with E-state index in [1.54, 1.807) is 12.1 Å². The molecule has 1 unspecified atom stereocenters. The van der Waals surface area contributed by atoms with E-state index in [4.69, 9.17) is 4.74 Å². The number of benzene rings is 1. The highest BCUT2D eigenvalue weighted by molar-refractivity contribution is 5.84. The predicted octanol–water partition coefficient (Wildman–Crippen LogP) is 1.81. The molecule has 1 aliphatic carbocycles. The quantitative estimate of drug-likeness (QED) is 0.825. The highest BCUT2D eigenvalue weighted by Gasteiger charge is 2.33. The fourth-order valence-electron chi connectivity index (χ4n) is 2.95. The van der Waals surface area contributed by atoms with Crippen LogP contribution >= 0.6 is 0 Å². The monoisotopic (exact) mass is 334 g/mol. The SMILES string of the molecule is CC(=O)N1CC(=O)N(CC2CC2)CC(OCc2cccc(F)c2)C1. The van der Waals surface area contributed by atoms with Crippen molar-refractivity contribution in [2.24, 2.45) is 5.92 Å². The molecule has 1 aromatic carbocycles. The maximum absolute atomic E-state index is 13.3. The fraction of sp³-hybridized carbons (Fsp3) is 0.556. The first-order chi connectivity index (χ1) is 11.5. The van der Waals surface area contributed by atoms with E-state index >= 15 is 0 Å². The first-order valence-corrected chi connectivity index (χ1v) is 8.40. The van der Waals surface area contributed by atoms with Gasteiger partial charge in [0.25, 0.3) is 0 Å². The molecule has 130 valence electrons. The zero-order valence-electron chi connectivity index (χ0n) is 13.9. The van der Waals surface area contributed by atoms with Crippen LogP contribution in [0.2, 0.25) is 0 Å². The normalized spacial score (nSPS) is 21.8. The molecule has 0 aromatic heterocycles. The summed E-state index contributed by atoms with van der Waals surface area (Å²) in [5, 5.41) is 0. The molecule has 2 amide bonds. The summed E-state index contributed by atoms with van der Waals surface area (Å²) in [6.07, 6.45) is 2.06. The van der Waals surface area contributed by atoms with Crippen LogP contribution in [0.4, 0.5) is 4.39 Å². The van der Waals surface area contributed by atoms with E-state index in [1.807, 2.05) is 4.90 Å². The summed E-state index contributed by atoms with van der Waals surface area (Å²) in [7, 11) is 0. The van der Waals surface area contributed by atoms with Gasteiger partial charge in [0.1, 0.15) is 5.82 Å². The van der Waals surface area contributed by atoms with E-state index in [1.165, 1.54) is 24.0 Å². The Morgan fingerprint density at radius 1 is 1.33 bits per heavy atom. The Morgan fingerprint density at radius 3 is 2.79 bits per heavy atom. The number of hydrogen-bond acceptors (Lipinski definition) is 3. The third kappa shape index (κ3) is 4.54. The maximum atomic E-state index is 13.3. The predicted molar refractivity (Wildman–Crippen MR) is 86.5 cm³/mol. The summed E-state index contributed by atoms with van der Waals surface area (Å²) in [5.74, 6) is 0.138. The molecule has 2 fully saturated rings. The molecule has 2 aliphatic rings. The summed E-state index contributed by atoms with van der Waals surface area (Å²) in [5.41, 5.74) is 0.744. The summed E-state index contributed by atoms with van der Waals surface area (Å²) in [6.45, 7) is 3.45. The molecule has 1 aromatic rings. The number of amides is 2. The van der Waals surface area contributed by atoms with Crippen LogP contribution in [-0.4, -0.2) is 53.9 Å². The summed E-state index contributed by atoms with van der Waals surface area (Å²) < 4.78 is 19.2. The Hall–Kier alpha value is -1.95. The molecule has 6 heteroatoms. The standard InChI is InChI=1S/C18H23FN2O3/c1-13(22)20-9-17(24-12-15-3-2-4-16(19)7-15)10-21(18(23)11-20)8-14-5-6-14/h2-4,7,14,17H,5-6,8-12H2,1H3. The highest BCUT2D eigenvalue weighted by Crippen LogP contribution is 2.30. The second-order valence-electron chi connectivity index (χ2n) is 6.70. The molecule has 1 atom stereocenters. The smallest absolute Gasteiger partial charge is 0.242 e. The molecule has 5 nitrogen and oxygen atoms in total. The van der Waals surface area contributed by atoms with Crippen molar-refractivity contribution in [3.8, 4) is 0 Å². The average Bonchev–Trinajstić information content (AvgIpc) is 3.35.